The molecule has 2 amide bonds. The Hall–Kier alpha value is -2.94. The molecule has 2 aromatic rings. The molecule has 1 aromatic heterocycles. The van der Waals surface area contributed by atoms with E-state index in [2.05, 4.69) is 5.32 Å². The van der Waals surface area contributed by atoms with Crippen LogP contribution in [0.4, 0.5) is 10.7 Å². The summed E-state index contributed by atoms with van der Waals surface area (Å²) in [7, 11) is 0. The van der Waals surface area contributed by atoms with Crippen LogP contribution in [-0.2, 0) is 4.79 Å². The maximum atomic E-state index is 11.8. The number of nitrogens with one attached hydrogen (secondary N) is 1. The number of nitrogens with zero attached hydrogens (tertiary/aromatic N) is 1. The third-order valence-electron chi connectivity index (χ3n) is 2.60. The van der Waals surface area contributed by atoms with Crippen molar-refractivity contribution in [3.63, 3.8) is 0 Å². The van der Waals surface area contributed by atoms with Crippen LogP contribution >= 0.6 is 11.3 Å². The number of anilines is 1. The van der Waals surface area contributed by atoms with Crippen molar-refractivity contribution in [3.8, 4) is 5.75 Å². The third-order valence-corrected chi connectivity index (χ3v) is 3.43. The average molecular weight is 321 g/mol. The summed E-state index contributed by atoms with van der Waals surface area (Å²) in [6, 6.07) is 7.22. The zero-order valence-corrected chi connectivity index (χ0v) is 12.0. The molecule has 0 fully saturated rings. The predicted octanol–water partition coefficient (Wildman–Crippen LogP) is 1.77. The van der Waals surface area contributed by atoms with E-state index in [-0.39, 0.29) is 17.0 Å². The summed E-state index contributed by atoms with van der Waals surface area (Å²) < 4.78 is 5.14. The first kappa shape index (κ1) is 15.4. The fourth-order valence-electron chi connectivity index (χ4n) is 1.64. The number of nitrogens with two attached hydrogens (primary N) is 1. The quantitative estimate of drug-likeness (QED) is 0.619. The molecule has 8 nitrogen and oxygen atoms in total. The molecular weight excluding hydrogens is 310 g/mol. The molecule has 0 spiro atoms. The molecule has 0 aliphatic carbocycles. The Labute approximate surface area is 128 Å². The molecule has 0 aliphatic rings. The fraction of sp³-hybridized carbons (Fsp3) is 0.0769. The standard InChI is InChI=1S/C13H11N3O5S/c14-12(18)8-5-6-22-13(8)15-11(17)7-21-10-4-2-1-3-9(10)16(19)20/h1-6H,7H2,(H2,14,18)(H,15,17). The Balaban J connectivity index is 2.00. The number of hydrogen-bond donors (Lipinski definition) is 2. The van der Waals surface area contributed by atoms with Gasteiger partial charge >= 0.3 is 5.69 Å². The molecule has 0 atom stereocenters. The van der Waals surface area contributed by atoms with Crippen molar-refractivity contribution < 1.29 is 19.2 Å². The van der Waals surface area contributed by atoms with Gasteiger partial charge in [-0.15, -0.1) is 11.3 Å². The van der Waals surface area contributed by atoms with Gasteiger partial charge in [0, 0.05) is 6.07 Å². The first-order chi connectivity index (χ1) is 10.5. The second kappa shape index (κ2) is 6.68. The summed E-state index contributed by atoms with van der Waals surface area (Å²) in [5, 5.41) is 15.2. The number of nitro benzene ring substituents is 1. The van der Waals surface area contributed by atoms with Gasteiger partial charge in [-0.2, -0.15) is 0 Å². The van der Waals surface area contributed by atoms with Crippen molar-refractivity contribution >= 4 is 33.8 Å². The minimum Gasteiger partial charge on any atom is -0.477 e. The first-order valence-electron chi connectivity index (χ1n) is 6.02. The fourth-order valence-corrected chi connectivity index (χ4v) is 2.44. The second-order valence-electron chi connectivity index (χ2n) is 4.09. The van der Waals surface area contributed by atoms with Gasteiger partial charge in [-0.05, 0) is 17.5 Å². The Morgan fingerprint density at radius 3 is 2.73 bits per heavy atom. The smallest absolute Gasteiger partial charge is 0.310 e. The summed E-state index contributed by atoms with van der Waals surface area (Å²) >= 11 is 1.14. The number of rotatable bonds is 6. The number of para-hydroxylation sites is 2. The lowest BCUT2D eigenvalue weighted by molar-refractivity contribution is -0.385. The van der Waals surface area contributed by atoms with Gasteiger partial charge in [-0.1, -0.05) is 12.1 Å². The van der Waals surface area contributed by atoms with Gasteiger partial charge in [0.25, 0.3) is 11.8 Å². The summed E-state index contributed by atoms with van der Waals surface area (Å²) in [4.78, 5) is 33.1. The maximum absolute atomic E-state index is 11.8. The molecular formula is C13H11N3O5S. The van der Waals surface area contributed by atoms with Crippen LogP contribution < -0.4 is 15.8 Å². The van der Waals surface area contributed by atoms with E-state index < -0.39 is 23.3 Å². The maximum Gasteiger partial charge on any atom is 0.310 e. The highest BCUT2D eigenvalue weighted by Crippen LogP contribution is 2.26. The van der Waals surface area contributed by atoms with E-state index in [0.717, 1.165) is 11.3 Å². The molecule has 0 saturated heterocycles. The van der Waals surface area contributed by atoms with E-state index in [1.807, 2.05) is 0 Å². The largest absolute Gasteiger partial charge is 0.477 e. The van der Waals surface area contributed by atoms with Gasteiger partial charge < -0.3 is 15.8 Å². The van der Waals surface area contributed by atoms with Crippen LogP contribution in [0.2, 0.25) is 0 Å². The molecule has 0 aliphatic heterocycles. The number of primary amides is 1. The highest BCUT2D eigenvalue weighted by molar-refractivity contribution is 7.14. The molecule has 1 aromatic carbocycles. The molecule has 0 unspecified atom stereocenters. The predicted molar refractivity (Wildman–Crippen MR) is 80.1 cm³/mol. The van der Waals surface area contributed by atoms with Crippen molar-refractivity contribution in [1.82, 2.24) is 0 Å². The molecule has 114 valence electrons. The van der Waals surface area contributed by atoms with Gasteiger partial charge in [-0.25, -0.2) is 0 Å². The Bertz CT molecular complexity index is 728. The van der Waals surface area contributed by atoms with Crippen LogP contribution in [0.5, 0.6) is 5.75 Å². The molecule has 2 rings (SSSR count). The summed E-state index contributed by atoms with van der Waals surface area (Å²) in [5.74, 6) is -1.22. The second-order valence-corrected chi connectivity index (χ2v) is 5.01. The van der Waals surface area contributed by atoms with E-state index in [0.29, 0.717) is 5.00 Å². The third kappa shape index (κ3) is 3.58. The topological polar surface area (TPSA) is 125 Å². The number of thiophene rings is 1. The van der Waals surface area contributed by atoms with Gasteiger partial charge in [0.15, 0.2) is 12.4 Å². The van der Waals surface area contributed by atoms with E-state index >= 15 is 0 Å². The summed E-state index contributed by atoms with van der Waals surface area (Å²) in [6.45, 7) is -0.430. The van der Waals surface area contributed by atoms with E-state index in [1.165, 1.54) is 24.3 Å². The van der Waals surface area contributed by atoms with Crippen LogP contribution in [0.1, 0.15) is 10.4 Å². The SMILES string of the molecule is NC(=O)c1ccsc1NC(=O)COc1ccccc1[N+](=O)[O-]. The molecule has 1 heterocycles. The van der Waals surface area contributed by atoms with Crippen LogP contribution in [0.15, 0.2) is 35.7 Å². The average Bonchev–Trinajstić information content (AvgIpc) is 2.93. The van der Waals surface area contributed by atoms with E-state index in [9.17, 15) is 19.7 Å². The minimum atomic E-state index is -0.656. The Kier molecular flexibility index (Phi) is 4.69. The number of nitro groups is 1. The minimum absolute atomic E-state index is 0.0102. The molecule has 9 heteroatoms. The van der Waals surface area contributed by atoms with Gasteiger partial charge in [0.2, 0.25) is 0 Å². The molecule has 0 radical (unpaired) electrons. The van der Waals surface area contributed by atoms with Crippen LogP contribution in [0.25, 0.3) is 0 Å². The Morgan fingerprint density at radius 1 is 1.32 bits per heavy atom. The summed E-state index contributed by atoms with van der Waals surface area (Å²) in [6.07, 6.45) is 0. The van der Waals surface area contributed by atoms with Crippen molar-refractivity contribution in [2.45, 2.75) is 0 Å². The molecule has 22 heavy (non-hydrogen) atoms. The zero-order chi connectivity index (χ0) is 16.1. The van der Waals surface area contributed by atoms with Gasteiger partial charge in [0.1, 0.15) is 5.00 Å². The number of hydrogen-bond acceptors (Lipinski definition) is 6. The lowest BCUT2D eigenvalue weighted by Crippen LogP contribution is -2.22. The van der Waals surface area contributed by atoms with Crippen LogP contribution in [0, 0.1) is 10.1 Å². The van der Waals surface area contributed by atoms with Gasteiger partial charge in [-0.3, -0.25) is 19.7 Å². The number of amides is 2. The molecule has 0 bridgehead atoms. The van der Waals surface area contributed by atoms with E-state index in [4.69, 9.17) is 10.5 Å². The molecule has 0 saturated carbocycles. The molecule has 3 N–H and O–H groups in total. The number of carbonyl (C=O) groups excluding carboxylic acids is 2. The highest BCUT2D eigenvalue weighted by Gasteiger charge is 2.16. The van der Waals surface area contributed by atoms with Crippen LogP contribution in [0.3, 0.4) is 0 Å². The van der Waals surface area contributed by atoms with E-state index in [1.54, 1.807) is 11.4 Å². The van der Waals surface area contributed by atoms with Crippen molar-refractivity contribution in [3.05, 3.63) is 51.4 Å². The summed E-state index contributed by atoms with van der Waals surface area (Å²) in [5.41, 5.74) is 5.13. The highest BCUT2D eigenvalue weighted by atomic mass is 32.1. The lowest BCUT2D eigenvalue weighted by atomic mass is 10.3. The normalized spacial score (nSPS) is 10.0. The van der Waals surface area contributed by atoms with Crippen molar-refractivity contribution in [2.75, 3.05) is 11.9 Å². The first-order valence-corrected chi connectivity index (χ1v) is 6.90. The number of benzene rings is 1. The number of ether oxygens (including phenoxy) is 1. The monoisotopic (exact) mass is 321 g/mol. The number of carbonyl (C=O) groups is 2. The Morgan fingerprint density at radius 2 is 2.05 bits per heavy atom. The van der Waals surface area contributed by atoms with Crippen molar-refractivity contribution in [1.29, 1.82) is 0 Å². The van der Waals surface area contributed by atoms with Crippen LogP contribution in [-0.4, -0.2) is 23.3 Å². The van der Waals surface area contributed by atoms with Gasteiger partial charge in [0.05, 0.1) is 10.5 Å². The van der Waals surface area contributed by atoms with Crippen molar-refractivity contribution in [2.24, 2.45) is 5.73 Å². The zero-order valence-electron chi connectivity index (χ0n) is 11.1. The lowest BCUT2D eigenvalue weighted by Gasteiger charge is -2.07.